The van der Waals surface area contributed by atoms with Crippen molar-refractivity contribution in [2.45, 2.75) is 0 Å². The summed E-state index contributed by atoms with van der Waals surface area (Å²) < 4.78 is 5.18. The fourth-order valence-electron chi connectivity index (χ4n) is 1.09. The number of esters is 1. The Hall–Kier alpha value is -1.21. The summed E-state index contributed by atoms with van der Waals surface area (Å²) in [5.74, 6) is -0.595. The Kier molecular flexibility index (Phi) is 4.83. The van der Waals surface area contributed by atoms with Crippen LogP contribution in [0.25, 0.3) is 6.08 Å². The summed E-state index contributed by atoms with van der Waals surface area (Å²) in [6.07, 6.45) is 1.34. The number of methoxy groups -OCH3 is 1. The fraction of sp³-hybridized carbons (Fsp3) is 0.100. The highest BCUT2D eigenvalue weighted by Crippen LogP contribution is 2.26. The first-order valence-corrected chi connectivity index (χ1v) is 5.93. The number of rotatable bonds is 3. The summed E-state index contributed by atoms with van der Waals surface area (Å²) >= 11 is 6.14. The minimum Gasteiger partial charge on any atom is -0.465 e. The smallest absolute Gasteiger partial charge is 0.344 e. The maximum absolute atomic E-state index is 11.1. The number of ether oxygens (including phenoxy) is 1. The molecule has 0 amide bonds. The summed E-state index contributed by atoms with van der Waals surface area (Å²) in [5.41, 5.74) is 0.218. The third-order valence-electron chi connectivity index (χ3n) is 1.85. The molecule has 1 aromatic rings. The largest absolute Gasteiger partial charge is 0.465 e. The summed E-state index contributed by atoms with van der Waals surface area (Å²) in [6.45, 7) is 0. The van der Waals surface area contributed by atoms with Gasteiger partial charge in [0, 0.05) is 10.5 Å². The molecule has 0 bridgehead atoms. The van der Waals surface area contributed by atoms with Gasteiger partial charge < -0.3 is 4.74 Å². The molecule has 0 aliphatic carbocycles. The van der Waals surface area contributed by atoms with E-state index in [0.29, 0.717) is 10.0 Å². The van der Waals surface area contributed by atoms with Crippen LogP contribution >= 0.6 is 31.9 Å². The topological polar surface area (TPSA) is 69.4 Å². The van der Waals surface area contributed by atoms with Crippen molar-refractivity contribution in [3.8, 4) is 0 Å². The molecule has 0 fully saturated rings. The highest BCUT2D eigenvalue weighted by molar-refractivity contribution is 9.12. The van der Waals surface area contributed by atoms with Crippen molar-refractivity contribution in [2.75, 3.05) is 7.11 Å². The lowest BCUT2D eigenvalue weighted by Gasteiger charge is -2.00. The molecule has 0 N–H and O–H groups in total. The van der Waals surface area contributed by atoms with Crippen LogP contribution < -0.4 is 0 Å². The average molecular weight is 365 g/mol. The molecule has 90 valence electrons. The van der Waals surface area contributed by atoms with E-state index >= 15 is 0 Å². The number of nitro benzene ring substituents is 1. The molecule has 0 saturated heterocycles. The van der Waals surface area contributed by atoms with Gasteiger partial charge in [-0.3, -0.25) is 10.1 Å². The standard InChI is InChI=1S/C10H7Br2NO4/c1-17-10(14)8(12)4-6-2-3-7(11)5-9(6)13(15)16/h2-5H,1H3/b8-4-. The van der Waals surface area contributed by atoms with Crippen molar-refractivity contribution in [1.29, 1.82) is 0 Å². The molecule has 0 unspecified atom stereocenters. The Morgan fingerprint density at radius 1 is 1.53 bits per heavy atom. The van der Waals surface area contributed by atoms with Crippen LogP contribution in [0.2, 0.25) is 0 Å². The number of halogens is 2. The van der Waals surface area contributed by atoms with E-state index in [9.17, 15) is 14.9 Å². The Labute approximate surface area is 114 Å². The van der Waals surface area contributed by atoms with E-state index in [-0.39, 0.29) is 10.2 Å². The van der Waals surface area contributed by atoms with Crippen LogP contribution in [-0.2, 0) is 9.53 Å². The van der Waals surface area contributed by atoms with Gasteiger partial charge in [-0.1, -0.05) is 15.9 Å². The van der Waals surface area contributed by atoms with Crippen LogP contribution in [0, 0.1) is 10.1 Å². The van der Waals surface area contributed by atoms with E-state index in [2.05, 4.69) is 36.6 Å². The molecule has 5 nitrogen and oxygen atoms in total. The van der Waals surface area contributed by atoms with Crippen molar-refractivity contribution in [3.05, 3.63) is 42.8 Å². The van der Waals surface area contributed by atoms with E-state index in [1.54, 1.807) is 6.07 Å². The van der Waals surface area contributed by atoms with E-state index in [0.717, 1.165) is 0 Å². The number of benzene rings is 1. The van der Waals surface area contributed by atoms with Gasteiger partial charge in [-0.15, -0.1) is 0 Å². The van der Waals surface area contributed by atoms with E-state index < -0.39 is 10.9 Å². The Bertz CT molecular complexity index is 499. The summed E-state index contributed by atoms with van der Waals surface area (Å²) in [6, 6.07) is 4.55. The number of hydrogen-bond donors (Lipinski definition) is 0. The van der Waals surface area contributed by atoms with E-state index in [1.807, 2.05) is 0 Å². The SMILES string of the molecule is COC(=O)/C(Br)=C/c1ccc(Br)cc1[N+](=O)[O-]. The monoisotopic (exact) mass is 363 g/mol. The number of carbonyl (C=O) groups excluding carboxylic acids is 1. The molecule has 0 aliphatic rings. The van der Waals surface area contributed by atoms with Gasteiger partial charge >= 0.3 is 5.97 Å². The average Bonchev–Trinajstić information content (AvgIpc) is 2.29. The molecule has 0 atom stereocenters. The highest BCUT2D eigenvalue weighted by Gasteiger charge is 2.14. The summed E-state index contributed by atoms with van der Waals surface area (Å²) in [5, 5.41) is 10.8. The van der Waals surface area contributed by atoms with Gasteiger partial charge in [0.25, 0.3) is 5.69 Å². The first-order valence-electron chi connectivity index (χ1n) is 4.35. The zero-order chi connectivity index (χ0) is 13.0. The van der Waals surface area contributed by atoms with E-state index in [4.69, 9.17) is 0 Å². The molecule has 7 heteroatoms. The minimum absolute atomic E-state index is 0.0970. The van der Waals surface area contributed by atoms with Crippen molar-refractivity contribution in [2.24, 2.45) is 0 Å². The second-order valence-corrected chi connectivity index (χ2v) is 4.71. The molecule has 17 heavy (non-hydrogen) atoms. The van der Waals surface area contributed by atoms with Gasteiger partial charge in [-0.05, 0) is 34.1 Å². The van der Waals surface area contributed by atoms with Gasteiger partial charge in [0.2, 0.25) is 0 Å². The fourth-order valence-corrected chi connectivity index (χ4v) is 1.85. The third-order valence-corrected chi connectivity index (χ3v) is 2.90. The lowest BCUT2D eigenvalue weighted by atomic mass is 10.1. The van der Waals surface area contributed by atoms with Crippen LogP contribution in [0.15, 0.2) is 27.2 Å². The number of carbonyl (C=O) groups is 1. The van der Waals surface area contributed by atoms with Gasteiger partial charge in [-0.2, -0.15) is 0 Å². The molecule has 0 spiro atoms. The maximum Gasteiger partial charge on any atom is 0.344 e. The minimum atomic E-state index is -0.595. The van der Waals surface area contributed by atoms with Gasteiger partial charge in [0.05, 0.1) is 17.6 Å². The van der Waals surface area contributed by atoms with Gasteiger partial charge in [0.15, 0.2) is 0 Å². The van der Waals surface area contributed by atoms with Crippen LogP contribution in [-0.4, -0.2) is 18.0 Å². The van der Waals surface area contributed by atoms with Crippen molar-refractivity contribution in [1.82, 2.24) is 0 Å². The molecule has 1 rings (SSSR count). The van der Waals surface area contributed by atoms with Crippen LogP contribution in [0.1, 0.15) is 5.56 Å². The maximum atomic E-state index is 11.1. The molecule has 0 saturated carbocycles. The normalized spacial score (nSPS) is 11.1. The molecular weight excluding hydrogens is 358 g/mol. The van der Waals surface area contributed by atoms with Gasteiger partial charge in [0.1, 0.15) is 4.48 Å². The second kappa shape index (κ2) is 5.92. The second-order valence-electron chi connectivity index (χ2n) is 2.94. The third kappa shape index (κ3) is 3.64. The summed E-state index contributed by atoms with van der Waals surface area (Å²) in [4.78, 5) is 21.4. The lowest BCUT2D eigenvalue weighted by Crippen LogP contribution is -1.99. The molecular formula is C10H7Br2NO4. The quantitative estimate of drug-likeness (QED) is 0.357. The molecule has 0 heterocycles. The molecule has 0 aliphatic heterocycles. The van der Waals surface area contributed by atoms with E-state index in [1.165, 1.54) is 25.3 Å². The first kappa shape index (κ1) is 13.9. The summed E-state index contributed by atoms with van der Waals surface area (Å²) in [7, 11) is 1.23. The molecule has 0 radical (unpaired) electrons. The van der Waals surface area contributed by atoms with Gasteiger partial charge in [-0.25, -0.2) is 4.79 Å². The number of hydrogen-bond acceptors (Lipinski definition) is 4. The van der Waals surface area contributed by atoms with Crippen molar-refractivity contribution < 1.29 is 14.5 Å². The Morgan fingerprint density at radius 2 is 2.18 bits per heavy atom. The van der Waals surface area contributed by atoms with Crippen LogP contribution in [0.5, 0.6) is 0 Å². The predicted molar refractivity (Wildman–Crippen MR) is 69.7 cm³/mol. The first-order chi connectivity index (χ1) is 7.95. The molecule has 1 aromatic carbocycles. The predicted octanol–water partition coefficient (Wildman–Crippen LogP) is 3.27. The highest BCUT2D eigenvalue weighted by atomic mass is 79.9. The lowest BCUT2D eigenvalue weighted by molar-refractivity contribution is -0.385. The van der Waals surface area contributed by atoms with Crippen LogP contribution in [0.4, 0.5) is 5.69 Å². The zero-order valence-corrected chi connectivity index (χ0v) is 11.8. The Morgan fingerprint density at radius 3 is 2.71 bits per heavy atom. The van der Waals surface area contributed by atoms with Crippen molar-refractivity contribution >= 4 is 49.6 Å². The number of nitrogens with zero attached hydrogens (tertiary/aromatic N) is 1. The number of nitro groups is 1. The zero-order valence-electron chi connectivity index (χ0n) is 8.65. The molecule has 0 aromatic heterocycles. The van der Waals surface area contributed by atoms with Crippen molar-refractivity contribution in [3.63, 3.8) is 0 Å². The Balaban J connectivity index is 3.23. The van der Waals surface area contributed by atoms with Crippen LogP contribution in [0.3, 0.4) is 0 Å².